The summed E-state index contributed by atoms with van der Waals surface area (Å²) in [4.78, 5) is 12.0. The van der Waals surface area contributed by atoms with Gasteiger partial charge in [-0.1, -0.05) is 25.1 Å². The third kappa shape index (κ3) is 5.36. The van der Waals surface area contributed by atoms with E-state index in [1.54, 1.807) is 13.0 Å². The Kier molecular flexibility index (Phi) is 7.51. The molecule has 136 valence electrons. The monoisotopic (exact) mass is 366 g/mol. The van der Waals surface area contributed by atoms with Gasteiger partial charge in [-0.2, -0.15) is 13.2 Å². The molecule has 1 amide bonds. The molecule has 1 aromatic carbocycles. The van der Waals surface area contributed by atoms with Gasteiger partial charge in [0.2, 0.25) is 5.91 Å². The molecule has 1 aliphatic heterocycles. The second-order valence-electron chi connectivity index (χ2n) is 5.98. The van der Waals surface area contributed by atoms with E-state index in [0.29, 0.717) is 19.6 Å². The van der Waals surface area contributed by atoms with Gasteiger partial charge in [-0.3, -0.25) is 4.79 Å². The molecular weight excluding hydrogens is 345 g/mol. The van der Waals surface area contributed by atoms with E-state index < -0.39 is 23.8 Å². The Morgan fingerprint density at radius 1 is 1.38 bits per heavy atom. The van der Waals surface area contributed by atoms with Crippen LogP contribution in [-0.2, 0) is 11.0 Å². The predicted molar refractivity (Wildman–Crippen MR) is 87.1 cm³/mol. The molecule has 3 atom stereocenters. The van der Waals surface area contributed by atoms with Crippen molar-refractivity contribution in [2.24, 2.45) is 5.92 Å². The van der Waals surface area contributed by atoms with Gasteiger partial charge >= 0.3 is 6.18 Å². The quantitative estimate of drug-likeness (QED) is 0.749. The number of benzene rings is 1. The first-order valence-corrected chi connectivity index (χ1v) is 7.60. The number of amides is 1. The third-order valence-electron chi connectivity index (χ3n) is 4.15. The number of rotatable bonds is 5. The zero-order valence-electron chi connectivity index (χ0n) is 13.3. The summed E-state index contributed by atoms with van der Waals surface area (Å²) in [6.07, 6.45) is -4.96. The largest absolute Gasteiger partial charge is 0.416 e. The van der Waals surface area contributed by atoms with Crippen LogP contribution < -0.4 is 10.6 Å². The highest BCUT2D eigenvalue weighted by atomic mass is 35.5. The highest BCUT2D eigenvalue weighted by Gasteiger charge is 2.34. The average molecular weight is 367 g/mol. The lowest BCUT2D eigenvalue weighted by molar-refractivity contribution is -0.138. The Morgan fingerprint density at radius 3 is 2.62 bits per heavy atom. The lowest BCUT2D eigenvalue weighted by atomic mass is 9.92. The molecule has 3 unspecified atom stereocenters. The maximum atomic E-state index is 13.0. The van der Waals surface area contributed by atoms with Crippen molar-refractivity contribution in [1.82, 2.24) is 10.6 Å². The molecule has 0 bridgehead atoms. The minimum Gasteiger partial charge on any atom is -0.391 e. The number of aliphatic hydroxyl groups is 1. The van der Waals surface area contributed by atoms with E-state index in [1.165, 1.54) is 12.1 Å². The zero-order chi connectivity index (χ0) is 17.0. The summed E-state index contributed by atoms with van der Waals surface area (Å²) in [6, 6.07) is 5.32. The molecule has 8 heteroatoms. The molecule has 0 spiro atoms. The summed E-state index contributed by atoms with van der Waals surface area (Å²) in [5.74, 6) is -0.912. The van der Waals surface area contributed by atoms with E-state index >= 15 is 0 Å². The number of halogens is 4. The zero-order valence-corrected chi connectivity index (χ0v) is 14.1. The van der Waals surface area contributed by atoms with Gasteiger partial charge in [0.05, 0.1) is 11.7 Å². The average Bonchev–Trinajstić information content (AvgIpc) is 2.89. The van der Waals surface area contributed by atoms with Crippen LogP contribution >= 0.6 is 12.4 Å². The molecule has 1 saturated heterocycles. The molecule has 24 heavy (non-hydrogen) atoms. The standard InChI is InChI=1S/C16H21F3N2O2.ClH/c1-10(12-4-2-3-5-13(12)16(17,18)19)6-15(23)21-8-11-7-20-9-14(11)22;/h2-5,10-11,14,20,22H,6-9H2,1H3,(H,21,23);1H. The Bertz CT molecular complexity index is 554. The molecule has 3 N–H and O–H groups in total. The van der Waals surface area contributed by atoms with Crippen molar-refractivity contribution in [3.8, 4) is 0 Å². The highest BCUT2D eigenvalue weighted by molar-refractivity contribution is 5.85. The summed E-state index contributed by atoms with van der Waals surface area (Å²) in [6.45, 7) is 3.04. The van der Waals surface area contributed by atoms with Crippen LogP contribution in [0.4, 0.5) is 13.2 Å². The Labute approximate surface area is 145 Å². The lowest BCUT2D eigenvalue weighted by Gasteiger charge is -2.19. The first-order chi connectivity index (χ1) is 10.8. The van der Waals surface area contributed by atoms with Crippen molar-refractivity contribution >= 4 is 18.3 Å². The normalized spacial score (nSPS) is 21.9. The number of aliphatic hydroxyl groups excluding tert-OH is 1. The van der Waals surface area contributed by atoms with Crippen molar-refractivity contribution in [3.05, 3.63) is 35.4 Å². The van der Waals surface area contributed by atoms with Crippen molar-refractivity contribution in [2.75, 3.05) is 19.6 Å². The van der Waals surface area contributed by atoms with Crippen molar-refractivity contribution in [2.45, 2.75) is 31.5 Å². The summed E-state index contributed by atoms with van der Waals surface area (Å²) in [5.41, 5.74) is -0.576. The topological polar surface area (TPSA) is 61.4 Å². The van der Waals surface area contributed by atoms with E-state index in [1.807, 2.05) is 0 Å². The molecule has 1 aliphatic rings. The van der Waals surface area contributed by atoms with Crippen molar-refractivity contribution in [3.63, 3.8) is 0 Å². The van der Waals surface area contributed by atoms with E-state index in [9.17, 15) is 23.1 Å². The van der Waals surface area contributed by atoms with Crippen LogP contribution in [-0.4, -0.2) is 36.8 Å². The second-order valence-corrected chi connectivity index (χ2v) is 5.98. The van der Waals surface area contributed by atoms with Gasteiger partial charge in [0.1, 0.15) is 0 Å². The SMILES string of the molecule is CC(CC(=O)NCC1CNCC1O)c1ccccc1C(F)(F)F.Cl. The molecule has 1 heterocycles. The van der Waals surface area contributed by atoms with E-state index in [0.717, 1.165) is 6.07 Å². The van der Waals surface area contributed by atoms with Crippen LogP contribution in [0.15, 0.2) is 24.3 Å². The van der Waals surface area contributed by atoms with Crippen LogP contribution in [0.5, 0.6) is 0 Å². The second kappa shape index (κ2) is 8.69. The number of β-amino-alcohol motifs (C(OH)–C–C–N with tert-alkyl or cyclic N) is 1. The number of nitrogens with one attached hydrogen (secondary N) is 2. The Balaban J connectivity index is 0.00000288. The third-order valence-corrected chi connectivity index (χ3v) is 4.15. The number of hydrogen-bond donors (Lipinski definition) is 3. The first kappa shape index (κ1) is 20.7. The van der Waals surface area contributed by atoms with Crippen LogP contribution in [0, 0.1) is 5.92 Å². The van der Waals surface area contributed by atoms with Gasteiger partial charge in [0.15, 0.2) is 0 Å². The van der Waals surface area contributed by atoms with E-state index in [-0.39, 0.29) is 36.2 Å². The molecule has 0 saturated carbocycles. The smallest absolute Gasteiger partial charge is 0.391 e. The van der Waals surface area contributed by atoms with Crippen molar-refractivity contribution < 1.29 is 23.1 Å². The number of hydrogen-bond acceptors (Lipinski definition) is 3. The van der Waals surface area contributed by atoms with Crippen LogP contribution in [0.1, 0.15) is 30.4 Å². The Morgan fingerprint density at radius 2 is 2.04 bits per heavy atom. The summed E-state index contributed by atoms with van der Waals surface area (Å²) in [5, 5.41) is 15.4. The molecular formula is C16H22ClF3N2O2. The minimum absolute atomic E-state index is 0. The van der Waals surface area contributed by atoms with Gasteiger partial charge < -0.3 is 15.7 Å². The minimum atomic E-state index is -4.43. The molecule has 1 fully saturated rings. The summed E-state index contributed by atoms with van der Waals surface area (Å²) >= 11 is 0. The van der Waals surface area contributed by atoms with Gasteiger partial charge in [0, 0.05) is 32.0 Å². The summed E-state index contributed by atoms with van der Waals surface area (Å²) in [7, 11) is 0. The van der Waals surface area contributed by atoms with Gasteiger partial charge in [-0.05, 0) is 17.5 Å². The van der Waals surface area contributed by atoms with Crippen LogP contribution in [0.2, 0.25) is 0 Å². The fourth-order valence-electron chi connectivity index (χ4n) is 2.82. The molecule has 0 aromatic heterocycles. The van der Waals surface area contributed by atoms with Crippen LogP contribution in [0.25, 0.3) is 0 Å². The molecule has 4 nitrogen and oxygen atoms in total. The fraction of sp³-hybridized carbons (Fsp3) is 0.562. The predicted octanol–water partition coefficient (Wildman–Crippen LogP) is 2.32. The fourth-order valence-corrected chi connectivity index (χ4v) is 2.82. The molecule has 1 aromatic rings. The number of carbonyl (C=O) groups excluding carboxylic acids is 1. The molecule has 2 rings (SSSR count). The van der Waals surface area contributed by atoms with E-state index in [2.05, 4.69) is 10.6 Å². The van der Waals surface area contributed by atoms with E-state index in [4.69, 9.17) is 0 Å². The molecule has 0 radical (unpaired) electrons. The maximum absolute atomic E-state index is 13.0. The van der Waals surface area contributed by atoms with Crippen molar-refractivity contribution in [1.29, 1.82) is 0 Å². The van der Waals surface area contributed by atoms with Gasteiger partial charge in [-0.15, -0.1) is 12.4 Å². The van der Waals surface area contributed by atoms with Gasteiger partial charge in [0.25, 0.3) is 0 Å². The highest BCUT2D eigenvalue weighted by Crippen LogP contribution is 2.35. The first-order valence-electron chi connectivity index (χ1n) is 7.60. The Hall–Kier alpha value is -1.31. The summed E-state index contributed by atoms with van der Waals surface area (Å²) < 4.78 is 39.0. The van der Waals surface area contributed by atoms with Gasteiger partial charge in [-0.25, -0.2) is 0 Å². The van der Waals surface area contributed by atoms with Crippen LogP contribution in [0.3, 0.4) is 0 Å². The number of carbonyl (C=O) groups is 1. The lowest BCUT2D eigenvalue weighted by Crippen LogP contribution is -2.34. The molecule has 0 aliphatic carbocycles. The number of alkyl halides is 3. The maximum Gasteiger partial charge on any atom is 0.416 e.